The SMILES string of the molecule is COc1ccc(C(=O)NN=C(C)CC(=O)Nc2cccc(F)c2)cc1OC. The zero-order chi connectivity index (χ0) is 19.8. The van der Waals surface area contributed by atoms with Crippen molar-refractivity contribution in [3.8, 4) is 11.5 Å². The normalized spacial score (nSPS) is 10.9. The molecule has 142 valence electrons. The van der Waals surface area contributed by atoms with Crippen molar-refractivity contribution in [1.29, 1.82) is 0 Å². The van der Waals surface area contributed by atoms with Crippen molar-refractivity contribution < 1.29 is 23.5 Å². The minimum atomic E-state index is -0.458. The van der Waals surface area contributed by atoms with Crippen LogP contribution in [0, 0.1) is 5.82 Å². The van der Waals surface area contributed by atoms with Gasteiger partial charge in [0, 0.05) is 17.0 Å². The van der Waals surface area contributed by atoms with E-state index in [1.165, 1.54) is 38.5 Å². The quantitative estimate of drug-likeness (QED) is 0.577. The Morgan fingerprint density at radius 3 is 2.48 bits per heavy atom. The maximum absolute atomic E-state index is 13.1. The first-order chi connectivity index (χ1) is 12.9. The van der Waals surface area contributed by atoms with Crippen molar-refractivity contribution in [2.75, 3.05) is 19.5 Å². The van der Waals surface area contributed by atoms with E-state index < -0.39 is 11.7 Å². The average molecular weight is 373 g/mol. The number of carbonyl (C=O) groups excluding carboxylic acids is 2. The van der Waals surface area contributed by atoms with Crippen LogP contribution in [0.4, 0.5) is 10.1 Å². The Morgan fingerprint density at radius 2 is 1.81 bits per heavy atom. The van der Waals surface area contributed by atoms with Gasteiger partial charge in [0.25, 0.3) is 5.91 Å². The smallest absolute Gasteiger partial charge is 0.271 e. The maximum Gasteiger partial charge on any atom is 0.271 e. The molecule has 0 saturated carbocycles. The number of rotatable bonds is 7. The van der Waals surface area contributed by atoms with E-state index in [0.29, 0.717) is 28.5 Å². The molecular formula is C19H20FN3O4. The van der Waals surface area contributed by atoms with Gasteiger partial charge >= 0.3 is 0 Å². The van der Waals surface area contributed by atoms with Crippen LogP contribution in [0.3, 0.4) is 0 Å². The number of nitrogens with zero attached hydrogens (tertiary/aromatic N) is 1. The molecule has 0 aliphatic rings. The molecule has 2 rings (SSSR count). The number of anilines is 1. The van der Waals surface area contributed by atoms with E-state index in [1.807, 2.05) is 0 Å². The van der Waals surface area contributed by atoms with Gasteiger partial charge in [0.05, 0.1) is 20.6 Å². The fraction of sp³-hybridized carbons (Fsp3) is 0.211. The van der Waals surface area contributed by atoms with Crippen LogP contribution in [-0.2, 0) is 4.79 Å². The van der Waals surface area contributed by atoms with Crippen LogP contribution in [0.5, 0.6) is 11.5 Å². The molecule has 0 saturated heterocycles. The summed E-state index contributed by atoms with van der Waals surface area (Å²) in [6.45, 7) is 1.60. The van der Waals surface area contributed by atoms with Crippen LogP contribution < -0.4 is 20.2 Å². The highest BCUT2D eigenvalue weighted by Gasteiger charge is 2.11. The zero-order valence-corrected chi connectivity index (χ0v) is 15.2. The third-order valence-corrected chi connectivity index (χ3v) is 3.52. The number of benzene rings is 2. The Hall–Kier alpha value is -3.42. The minimum absolute atomic E-state index is 0.0529. The fourth-order valence-corrected chi connectivity index (χ4v) is 2.23. The van der Waals surface area contributed by atoms with E-state index in [-0.39, 0.29) is 12.3 Å². The second kappa shape index (κ2) is 9.33. The van der Waals surface area contributed by atoms with Crippen LogP contribution in [0.1, 0.15) is 23.7 Å². The van der Waals surface area contributed by atoms with Crippen LogP contribution in [-0.4, -0.2) is 31.7 Å². The molecule has 0 aromatic heterocycles. The van der Waals surface area contributed by atoms with E-state index in [0.717, 1.165) is 0 Å². The summed E-state index contributed by atoms with van der Waals surface area (Å²) in [5.74, 6) is -0.355. The zero-order valence-electron chi connectivity index (χ0n) is 15.2. The van der Waals surface area contributed by atoms with Crippen LogP contribution in [0.15, 0.2) is 47.6 Å². The molecule has 2 amide bonds. The molecule has 27 heavy (non-hydrogen) atoms. The van der Waals surface area contributed by atoms with Gasteiger partial charge in [0.1, 0.15) is 5.82 Å². The summed E-state index contributed by atoms with van der Waals surface area (Å²) in [7, 11) is 2.97. The lowest BCUT2D eigenvalue weighted by Crippen LogP contribution is -2.21. The van der Waals surface area contributed by atoms with Gasteiger partial charge in [0.2, 0.25) is 5.91 Å². The van der Waals surface area contributed by atoms with Crippen LogP contribution in [0.2, 0.25) is 0 Å². The molecule has 0 bridgehead atoms. The Balaban J connectivity index is 1.94. The summed E-state index contributed by atoms with van der Waals surface area (Å²) < 4.78 is 23.4. The van der Waals surface area contributed by atoms with Gasteiger partial charge in [-0.05, 0) is 43.3 Å². The molecule has 0 aliphatic carbocycles. The summed E-state index contributed by atoms with van der Waals surface area (Å²) in [4.78, 5) is 24.1. The number of carbonyl (C=O) groups is 2. The van der Waals surface area contributed by atoms with Gasteiger partial charge in [-0.25, -0.2) is 9.82 Å². The fourth-order valence-electron chi connectivity index (χ4n) is 2.23. The Bertz CT molecular complexity index is 868. The molecule has 2 N–H and O–H groups in total. The minimum Gasteiger partial charge on any atom is -0.493 e. The van der Waals surface area contributed by atoms with Crippen molar-refractivity contribution in [2.24, 2.45) is 5.10 Å². The molecule has 0 fully saturated rings. The first-order valence-corrected chi connectivity index (χ1v) is 8.04. The predicted octanol–water partition coefficient (Wildman–Crippen LogP) is 2.98. The van der Waals surface area contributed by atoms with E-state index in [4.69, 9.17) is 9.47 Å². The van der Waals surface area contributed by atoms with Crippen molar-refractivity contribution in [3.05, 3.63) is 53.8 Å². The van der Waals surface area contributed by atoms with Gasteiger partial charge in [-0.2, -0.15) is 5.10 Å². The largest absolute Gasteiger partial charge is 0.493 e. The summed E-state index contributed by atoms with van der Waals surface area (Å²) >= 11 is 0. The van der Waals surface area contributed by atoms with E-state index in [2.05, 4.69) is 15.8 Å². The number of amides is 2. The molecule has 2 aromatic carbocycles. The summed E-state index contributed by atoms with van der Waals surface area (Å²) in [5, 5.41) is 6.47. The second-order valence-electron chi connectivity index (χ2n) is 5.59. The van der Waals surface area contributed by atoms with Crippen molar-refractivity contribution in [1.82, 2.24) is 5.43 Å². The molecule has 0 heterocycles. The highest BCUT2D eigenvalue weighted by Crippen LogP contribution is 2.27. The van der Waals surface area contributed by atoms with Gasteiger partial charge in [-0.3, -0.25) is 9.59 Å². The molecule has 0 unspecified atom stereocenters. The third kappa shape index (κ3) is 5.81. The molecule has 0 atom stereocenters. The molecule has 7 nitrogen and oxygen atoms in total. The summed E-state index contributed by atoms with van der Waals surface area (Å²) in [6.07, 6.45) is -0.0529. The third-order valence-electron chi connectivity index (χ3n) is 3.52. The lowest BCUT2D eigenvalue weighted by atomic mass is 10.2. The van der Waals surface area contributed by atoms with Crippen LogP contribution >= 0.6 is 0 Å². The van der Waals surface area contributed by atoms with Crippen molar-refractivity contribution in [3.63, 3.8) is 0 Å². The highest BCUT2D eigenvalue weighted by atomic mass is 19.1. The van der Waals surface area contributed by atoms with Gasteiger partial charge in [0.15, 0.2) is 11.5 Å². The predicted molar refractivity (Wildman–Crippen MR) is 99.8 cm³/mol. The first kappa shape index (κ1) is 19.9. The van der Waals surface area contributed by atoms with Crippen molar-refractivity contribution >= 4 is 23.2 Å². The van der Waals surface area contributed by atoms with Crippen molar-refractivity contribution in [2.45, 2.75) is 13.3 Å². The standard InChI is InChI=1S/C19H20FN3O4/c1-12(9-18(24)21-15-6-4-5-14(20)11-15)22-23-19(25)13-7-8-16(26-2)17(10-13)27-3/h4-8,10-11H,9H2,1-3H3,(H,21,24)(H,23,25). The van der Waals surface area contributed by atoms with E-state index in [1.54, 1.807) is 25.1 Å². The Kier molecular flexibility index (Phi) is 6.87. The van der Waals surface area contributed by atoms with E-state index >= 15 is 0 Å². The number of nitrogens with one attached hydrogen (secondary N) is 2. The monoisotopic (exact) mass is 373 g/mol. The topological polar surface area (TPSA) is 89.0 Å². The highest BCUT2D eigenvalue weighted by molar-refractivity contribution is 6.06. The average Bonchev–Trinajstić information content (AvgIpc) is 2.65. The molecule has 0 radical (unpaired) electrons. The Morgan fingerprint density at radius 1 is 1.07 bits per heavy atom. The maximum atomic E-state index is 13.1. The van der Waals surface area contributed by atoms with E-state index in [9.17, 15) is 14.0 Å². The molecule has 8 heteroatoms. The molecule has 0 aliphatic heterocycles. The first-order valence-electron chi connectivity index (χ1n) is 8.04. The van der Waals surface area contributed by atoms with Gasteiger partial charge in [-0.1, -0.05) is 6.07 Å². The lowest BCUT2D eigenvalue weighted by Gasteiger charge is -2.09. The number of hydrazone groups is 1. The number of ether oxygens (including phenoxy) is 2. The number of halogens is 1. The number of hydrogen-bond donors (Lipinski definition) is 2. The Labute approximate surface area is 156 Å². The van der Waals surface area contributed by atoms with Crippen LogP contribution in [0.25, 0.3) is 0 Å². The number of methoxy groups -OCH3 is 2. The molecule has 2 aromatic rings. The molecule has 0 spiro atoms. The lowest BCUT2D eigenvalue weighted by molar-refractivity contribution is -0.115. The second-order valence-corrected chi connectivity index (χ2v) is 5.59. The number of hydrogen-bond acceptors (Lipinski definition) is 5. The van der Waals surface area contributed by atoms with Gasteiger partial charge < -0.3 is 14.8 Å². The van der Waals surface area contributed by atoms with Gasteiger partial charge in [-0.15, -0.1) is 0 Å². The molecular weight excluding hydrogens is 353 g/mol. The summed E-state index contributed by atoms with van der Waals surface area (Å²) in [5.41, 5.74) is 3.44. The summed E-state index contributed by atoms with van der Waals surface area (Å²) in [6, 6.07) is 10.3.